The lowest BCUT2D eigenvalue weighted by molar-refractivity contribution is 0.427. The summed E-state index contributed by atoms with van der Waals surface area (Å²) < 4.78 is 0. The van der Waals surface area contributed by atoms with Gasteiger partial charge in [0.25, 0.3) is 0 Å². The summed E-state index contributed by atoms with van der Waals surface area (Å²) in [6.45, 7) is 23.4. The van der Waals surface area contributed by atoms with Gasteiger partial charge in [0.05, 0.1) is 11.4 Å². The van der Waals surface area contributed by atoms with Gasteiger partial charge in [0, 0.05) is 23.0 Å². The molecule has 122 valence electrons. The molecule has 0 amide bonds. The van der Waals surface area contributed by atoms with Crippen LogP contribution in [0.2, 0.25) is 0 Å². The van der Waals surface area contributed by atoms with Crippen molar-refractivity contribution in [2.45, 2.75) is 41.0 Å². The Morgan fingerprint density at radius 3 is 2.32 bits per heavy atom. The number of nitrogens with one attached hydrogen (secondary N) is 1. The first-order valence-electron chi connectivity index (χ1n) is 7.44. The fourth-order valence-corrected chi connectivity index (χ4v) is 2.63. The third-order valence-electron chi connectivity index (χ3n) is 3.48. The third-order valence-corrected chi connectivity index (χ3v) is 4.38. The van der Waals surface area contributed by atoms with Gasteiger partial charge in [-0.05, 0) is 17.4 Å². The Morgan fingerprint density at radius 1 is 1.23 bits per heavy atom. The summed E-state index contributed by atoms with van der Waals surface area (Å²) in [5, 5.41) is 6.24. The van der Waals surface area contributed by atoms with E-state index in [1.165, 1.54) is 0 Å². The lowest BCUT2D eigenvalue weighted by atomic mass is 9.88. The first kappa shape index (κ1) is 18.5. The van der Waals surface area contributed by atoms with Crippen LogP contribution in [0, 0.1) is 10.8 Å². The van der Waals surface area contributed by atoms with Gasteiger partial charge in [-0.25, -0.2) is 4.98 Å². The summed E-state index contributed by atoms with van der Waals surface area (Å²) in [5.74, 6) is 0. The number of nitrogens with two attached hydrogens (primary N) is 1. The number of aromatic nitrogens is 1. The van der Waals surface area contributed by atoms with Crippen molar-refractivity contribution in [1.82, 2.24) is 10.3 Å². The van der Waals surface area contributed by atoms with E-state index < -0.39 is 0 Å². The SMILES string of the molecule is C=C(CC(C)(C)C)c1csc(C(=C)NCC(C)(C)C(=C)N)n1. The molecule has 1 aromatic heterocycles. The van der Waals surface area contributed by atoms with Crippen LogP contribution >= 0.6 is 11.3 Å². The molecular formula is C18H29N3S. The van der Waals surface area contributed by atoms with Crippen molar-refractivity contribution in [3.63, 3.8) is 0 Å². The molecule has 0 bridgehead atoms. The lowest BCUT2D eigenvalue weighted by Gasteiger charge is -2.25. The molecule has 0 spiro atoms. The van der Waals surface area contributed by atoms with E-state index in [1.54, 1.807) is 11.3 Å². The molecule has 3 nitrogen and oxygen atoms in total. The predicted octanol–water partition coefficient (Wildman–Crippen LogP) is 4.65. The highest BCUT2D eigenvalue weighted by atomic mass is 32.1. The molecule has 0 radical (unpaired) electrons. The minimum absolute atomic E-state index is 0.182. The van der Waals surface area contributed by atoms with Gasteiger partial charge in [-0.3, -0.25) is 0 Å². The van der Waals surface area contributed by atoms with Gasteiger partial charge in [0.15, 0.2) is 0 Å². The largest absolute Gasteiger partial charge is 0.402 e. The monoisotopic (exact) mass is 319 g/mol. The number of hydrogen-bond donors (Lipinski definition) is 2. The van der Waals surface area contributed by atoms with Gasteiger partial charge < -0.3 is 11.1 Å². The molecule has 0 aliphatic heterocycles. The van der Waals surface area contributed by atoms with Crippen molar-refractivity contribution < 1.29 is 0 Å². The number of nitrogens with zero attached hydrogens (tertiary/aromatic N) is 1. The Bertz CT molecular complexity index is 573. The van der Waals surface area contributed by atoms with E-state index in [4.69, 9.17) is 5.73 Å². The van der Waals surface area contributed by atoms with Crippen LogP contribution in [-0.4, -0.2) is 11.5 Å². The molecule has 3 N–H and O–H groups in total. The lowest BCUT2D eigenvalue weighted by Crippen LogP contribution is -2.32. The first-order chi connectivity index (χ1) is 9.92. The topological polar surface area (TPSA) is 50.9 Å². The van der Waals surface area contributed by atoms with Gasteiger partial charge in [-0.1, -0.05) is 54.4 Å². The number of hydrogen-bond acceptors (Lipinski definition) is 4. The Hall–Kier alpha value is -1.55. The van der Waals surface area contributed by atoms with Crippen LogP contribution in [0.15, 0.2) is 30.8 Å². The summed E-state index contributed by atoms with van der Waals surface area (Å²) in [7, 11) is 0. The van der Waals surface area contributed by atoms with E-state index >= 15 is 0 Å². The molecule has 1 heterocycles. The zero-order chi connectivity index (χ0) is 17.1. The number of thiazole rings is 1. The third kappa shape index (κ3) is 5.34. The van der Waals surface area contributed by atoms with Gasteiger partial charge in [-0.15, -0.1) is 11.3 Å². The zero-order valence-corrected chi connectivity index (χ0v) is 15.4. The van der Waals surface area contributed by atoms with E-state index in [0.29, 0.717) is 12.2 Å². The Balaban J connectivity index is 2.70. The Kier molecular flexibility index (Phi) is 5.63. The van der Waals surface area contributed by atoms with Crippen LogP contribution < -0.4 is 11.1 Å². The molecule has 0 fully saturated rings. The fraction of sp³-hybridized carbons (Fsp3) is 0.500. The van der Waals surface area contributed by atoms with Crippen molar-refractivity contribution >= 4 is 22.6 Å². The van der Waals surface area contributed by atoms with Gasteiger partial charge >= 0.3 is 0 Å². The maximum Gasteiger partial charge on any atom is 0.139 e. The molecular weight excluding hydrogens is 290 g/mol. The minimum Gasteiger partial charge on any atom is -0.402 e. The van der Waals surface area contributed by atoms with E-state index in [0.717, 1.165) is 28.4 Å². The molecule has 22 heavy (non-hydrogen) atoms. The van der Waals surface area contributed by atoms with E-state index in [9.17, 15) is 0 Å². The first-order valence-corrected chi connectivity index (χ1v) is 8.32. The maximum atomic E-state index is 5.81. The van der Waals surface area contributed by atoms with Crippen molar-refractivity contribution in [3.8, 4) is 0 Å². The van der Waals surface area contributed by atoms with Crippen LogP contribution in [0.3, 0.4) is 0 Å². The molecule has 1 rings (SSSR count). The normalized spacial score (nSPS) is 12.0. The van der Waals surface area contributed by atoms with Gasteiger partial charge in [0.2, 0.25) is 0 Å². The second kappa shape index (κ2) is 6.69. The number of allylic oxidation sites excluding steroid dienone is 1. The second-order valence-electron chi connectivity index (χ2n) is 7.62. The van der Waals surface area contributed by atoms with Crippen molar-refractivity contribution in [2.24, 2.45) is 16.6 Å². The minimum atomic E-state index is -0.182. The standard InChI is InChI=1S/C18H29N3S/c1-12(9-17(4,5)6)15-10-22-16(21-15)13(2)20-11-18(7,8)14(3)19/h10,20H,1-3,9,11,19H2,4-8H3. The average molecular weight is 320 g/mol. The van der Waals surface area contributed by atoms with Crippen molar-refractivity contribution in [2.75, 3.05) is 6.54 Å². The summed E-state index contributed by atoms with van der Waals surface area (Å²) in [6.07, 6.45) is 0.927. The van der Waals surface area contributed by atoms with E-state index in [-0.39, 0.29) is 10.8 Å². The van der Waals surface area contributed by atoms with Crippen LogP contribution in [0.4, 0.5) is 0 Å². The summed E-state index contributed by atoms with van der Waals surface area (Å²) in [4.78, 5) is 4.64. The van der Waals surface area contributed by atoms with E-state index in [2.05, 4.69) is 50.8 Å². The van der Waals surface area contributed by atoms with Crippen LogP contribution in [0.5, 0.6) is 0 Å². The molecule has 0 aliphatic rings. The molecule has 1 aromatic rings. The summed E-state index contributed by atoms with van der Waals surface area (Å²) in [6, 6.07) is 0. The second-order valence-corrected chi connectivity index (χ2v) is 8.48. The van der Waals surface area contributed by atoms with E-state index in [1.807, 2.05) is 19.2 Å². The summed E-state index contributed by atoms with van der Waals surface area (Å²) >= 11 is 1.58. The maximum absolute atomic E-state index is 5.81. The van der Waals surface area contributed by atoms with Crippen LogP contribution in [0.25, 0.3) is 11.3 Å². The van der Waals surface area contributed by atoms with Crippen molar-refractivity contribution in [3.05, 3.63) is 41.5 Å². The van der Waals surface area contributed by atoms with Gasteiger partial charge in [-0.2, -0.15) is 0 Å². The molecule has 0 atom stereocenters. The Morgan fingerprint density at radius 2 is 1.82 bits per heavy atom. The highest BCUT2D eigenvalue weighted by molar-refractivity contribution is 7.10. The van der Waals surface area contributed by atoms with Crippen molar-refractivity contribution in [1.29, 1.82) is 0 Å². The van der Waals surface area contributed by atoms with Crippen LogP contribution in [0.1, 0.15) is 51.7 Å². The van der Waals surface area contributed by atoms with Crippen LogP contribution in [-0.2, 0) is 0 Å². The quantitative estimate of drug-likeness (QED) is 0.769. The highest BCUT2D eigenvalue weighted by Crippen LogP contribution is 2.30. The van der Waals surface area contributed by atoms with Gasteiger partial charge in [0.1, 0.15) is 5.01 Å². The molecule has 0 aromatic carbocycles. The molecule has 0 saturated carbocycles. The average Bonchev–Trinajstić information content (AvgIpc) is 2.83. The fourth-order valence-electron chi connectivity index (χ4n) is 1.82. The molecule has 0 saturated heterocycles. The predicted molar refractivity (Wildman–Crippen MR) is 99.4 cm³/mol. The smallest absolute Gasteiger partial charge is 0.139 e. The molecule has 4 heteroatoms. The summed E-state index contributed by atoms with van der Waals surface area (Å²) in [5.41, 5.74) is 9.34. The Labute approximate surface area is 139 Å². The zero-order valence-electron chi connectivity index (χ0n) is 14.5. The highest BCUT2D eigenvalue weighted by Gasteiger charge is 2.20. The number of rotatable bonds is 7. The molecule has 0 unspecified atom stereocenters. The molecule has 0 aliphatic carbocycles.